The van der Waals surface area contributed by atoms with Crippen molar-refractivity contribution in [2.75, 3.05) is 34.4 Å². The van der Waals surface area contributed by atoms with E-state index >= 15 is 0 Å². The lowest BCUT2D eigenvalue weighted by Gasteiger charge is -2.18. The molecule has 1 N–H and O–H groups in total. The summed E-state index contributed by atoms with van der Waals surface area (Å²) in [4.78, 5) is 2.21. The Morgan fingerprint density at radius 3 is 1.81 bits per heavy atom. The van der Waals surface area contributed by atoms with Crippen LogP contribution in [0.15, 0.2) is 83.3 Å². The van der Waals surface area contributed by atoms with Crippen LogP contribution in [0.5, 0.6) is 5.75 Å². The summed E-state index contributed by atoms with van der Waals surface area (Å²) in [5.41, 5.74) is 5.89. The molecular formula is C32H44BrNO2. The minimum atomic E-state index is 0.173. The van der Waals surface area contributed by atoms with Gasteiger partial charge in [-0.1, -0.05) is 97.7 Å². The molecule has 0 aliphatic rings. The van der Waals surface area contributed by atoms with Crippen LogP contribution in [0.2, 0.25) is 0 Å². The SMILES string of the molecule is CC.CCCCN(C)C.COc1ccc(/C(=C(/CCCO)c2ccccc2)c2ccc(Br)cc2)cc1. The van der Waals surface area contributed by atoms with E-state index in [1.807, 2.05) is 32.0 Å². The molecule has 0 heterocycles. The van der Waals surface area contributed by atoms with E-state index in [0.717, 1.165) is 34.2 Å². The average Bonchev–Trinajstić information content (AvgIpc) is 2.92. The number of aliphatic hydroxyl groups excluding tert-OH is 1. The highest BCUT2D eigenvalue weighted by Gasteiger charge is 2.14. The highest BCUT2D eigenvalue weighted by Crippen LogP contribution is 2.36. The van der Waals surface area contributed by atoms with E-state index in [-0.39, 0.29) is 6.61 Å². The lowest BCUT2D eigenvalue weighted by Crippen LogP contribution is -2.12. The summed E-state index contributed by atoms with van der Waals surface area (Å²) < 4.78 is 6.38. The number of rotatable bonds is 10. The molecule has 0 aliphatic heterocycles. The van der Waals surface area contributed by atoms with Crippen LogP contribution in [-0.2, 0) is 0 Å². The number of nitrogens with zero attached hydrogens (tertiary/aromatic N) is 1. The Balaban J connectivity index is 0.000000623. The zero-order chi connectivity index (χ0) is 26.8. The molecule has 3 nitrogen and oxygen atoms in total. The third kappa shape index (κ3) is 11.1. The first-order valence-corrected chi connectivity index (χ1v) is 13.7. The molecule has 3 aromatic carbocycles. The van der Waals surface area contributed by atoms with Gasteiger partial charge in [-0.2, -0.15) is 0 Å². The van der Waals surface area contributed by atoms with Crippen LogP contribution in [0.1, 0.15) is 63.1 Å². The predicted molar refractivity (Wildman–Crippen MR) is 161 cm³/mol. The standard InChI is InChI=1S/C24H23BrO2.C6H15N.C2H6/c1-27-22-15-11-20(12-16-22)24(19-9-13-21(25)14-10-19)23(8-5-17-26)18-6-3-2-4-7-18;1-4-5-6-7(2)3;1-2/h2-4,6-7,9-16,26H,5,8,17H2,1H3;4-6H2,1-3H3;1-2H3/b24-23-;;. The summed E-state index contributed by atoms with van der Waals surface area (Å²) >= 11 is 3.53. The summed E-state index contributed by atoms with van der Waals surface area (Å²) in [5.74, 6) is 0.838. The number of hydrogen-bond donors (Lipinski definition) is 1. The molecule has 36 heavy (non-hydrogen) atoms. The molecule has 0 amide bonds. The molecule has 196 valence electrons. The molecule has 0 unspecified atom stereocenters. The van der Waals surface area contributed by atoms with Crippen LogP contribution in [0.4, 0.5) is 0 Å². The van der Waals surface area contributed by atoms with Crippen molar-refractivity contribution in [1.82, 2.24) is 4.90 Å². The Morgan fingerprint density at radius 1 is 0.806 bits per heavy atom. The van der Waals surface area contributed by atoms with Crippen LogP contribution in [0.25, 0.3) is 11.1 Å². The molecule has 3 aromatic rings. The number of unbranched alkanes of at least 4 members (excludes halogenated alkanes) is 1. The molecule has 0 spiro atoms. The van der Waals surface area contributed by atoms with Crippen LogP contribution < -0.4 is 4.74 Å². The van der Waals surface area contributed by atoms with Crippen LogP contribution in [0.3, 0.4) is 0 Å². The van der Waals surface area contributed by atoms with Gasteiger partial charge in [0, 0.05) is 11.1 Å². The molecule has 0 atom stereocenters. The van der Waals surface area contributed by atoms with Crippen LogP contribution in [0, 0.1) is 0 Å². The van der Waals surface area contributed by atoms with E-state index in [2.05, 4.69) is 103 Å². The van der Waals surface area contributed by atoms with Crippen molar-refractivity contribution in [2.24, 2.45) is 0 Å². The summed E-state index contributed by atoms with van der Waals surface area (Å²) in [5, 5.41) is 9.44. The van der Waals surface area contributed by atoms with Gasteiger partial charge < -0.3 is 14.7 Å². The first-order chi connectivity index (χ1) is 17.5. The number of benzene rings is 3. The monoisotopic (exact) mass is 553 g/mol. The molecule has 0 bridgehead atoms. The highest BCUT2D eigenvalue weighted by atomic mass is 79.9. The fourth-order valence-electron chi connectivity index (χ4n) is 3.67. The molecule has 0 saturated heterocycles. The van der Waals surface area contributed by atoms with E-state index in [1.165, 1.54) is 36.1 Å². The van der Waals surface area contributed by atoms with E-state index in [9.17, 15) is 5.11 Å². The van der Waals surface area contributed by atoms with Crippen molar-refractivity contribution in [2.45, 2.75) is 46.5 Å². The molecular weight excluding hydrogens is 510 g/mol. The molecule has 0 fully saturated rings. The second-order valence-electron chi connectivity index (χ2n) is 8.44. The molecule has 0 saturated carbocycles. The summed E-state index contributed by atoms with van der Waals surface area (Å²) in [6, 6.07) is 27.0. The van der Waals surface area contributed by atoms with E-state index in [1.54, 1.807) is 7.11 Å². The van der Waals surface area contributed by atoms with Gasteiger partial charge in [0.25, 0.3) is 0 Å². The fourth-order valence-corrected chi connectivity index (χ4v) is 3.94. The Kier molecular flexibility index (Phi) is 16.5. The second-order valence-corrected chi connectivity index (χ2v) is 9.35. The first-order valence-electron chi connectivity index (χ1n) is 12.9. The topological polar surface area (TPSA) is 32.7 Å². The fraction of sp³-hybridized carbons (Fsp3) is 0.375. The van der Waals surface area contributed by atoms with Gasteiger partial charge in [0.1, 0.15) is 5.75 Å². The van der Waals surface area contributed by atoms with E-state index in [0.29, 0.717) is 0 Å². The lowest BCUT2D eigenvalue weighted by molar-refractivity contribution is 0.290. The normalized spacial score (nSPS) is 11.0. The maximum atomic E-state index is 9.44. The Labute approximate surface area is 228 Å². The van der Waals surface area contributed by atoms with E-state index in [4.69, 9.17) is 4.74 Å². The van der Waals surface area contributed by atoms with Crippen LogP contribution in [-0.4, -0.2) is 44.4 Å². The Bertz CT molecular complexity index is 981. The maximum Gasteiger partial charge on any atom is 0.118 e. The summed E-state index contributed by atoms with van der Waals surface area (Å²) in [6.07, 6.45) is 4.16. The Morgan fingerprint density at radius 2 is 1.36 bits per heavy atom. The predicted octanol–water partition coefficient (Wildman–Crippen LogP) is 8.56. The highest BCUT2D eigenvalue weighted by molar-refractivity contribution is 9.10. The molecule has 0 radical (unpaired) electrons. The third-order valence-electron chi connectivity index (χ3n) is 5.48. The van der Waals surface area contributed by atoms with Crippen molar-refractivity contribution < 1.29 is 9.84 Å². The van der Waals surface area contributed by atoms with Gasteiger partial charge in [-0.05, 0) is 92.0 Å². The minimum Gasteiger partial charge on any atom is -0.497 e. The third-order valence-corrected chi connectivity index (χ3v) is 6.01. The number of methoxy groups -OCH3 is 1. The van der Waals surface area contributed by atoms with Gasteiger partial charge in [-0.25, -0.2) is 0 Å². The van der Waals surface area contributed by atoms with Crippen molar-refractivity contribution in [3.63, 3.8) is 0 Å². The zero-order valence-corrected chi connectivity index (χ0v) is 24.5. The van der Waals surface area contributed by atoms with Crippen molar-refractivity contribution >= 4 is 27.1 Å². The van der Waals surface area contributed by atoms with Gasteiger partial charge in [0.05, 0.1) is 7.11 Å². The average molecular weight is 555 g/mol. The van der Waals surface area contributed by atoms with Crippen molar-refractivity contribution in [3.8, 4) is 5.75 Å². The van der Waals surface area contributed by atoms with Gasteiger partial charge >= 0.3 is 0 Å². The number of ether oxygens (including phenoxy) is 1. The van der Waals surface area contributed by atoms with E-state index < -0.39 is 0 Å². The van der Waals surface area contributed by atoms with Crippen LogP contribution >= 0.6 is 15.9 Å². The van der Waals surface area contributed by atoms with Crippen molar-refractivity contribution in [1.29, 1.82) is 0 Å². The zero-order valence-electron chi connectivity index (χ0n) is 22.9. The largest absolute Gasteiger partial charge is 0.497 e. The Hall–Kier alpha value is -2.40. The first kappa shape index (κ1) is 31.6. The number of hydrogen-bond acceptors (Lipinski definition) is 3. The van der Waals surface area contributed by atoms with Gasteiger partial charge in [-0.15, -0.1) is 0 Å². The molecule has 4 heteroatoms. The van der Waals surface area contributed by atoms with Gasteiger partial charge in [-0.3, -0.25) is 0 Å². The summed E-state index contributed by atoms with van der Waals surface area (Å²) in [6.45, 7) is 7.62. The van der Waals surface area contributed by atoms with Gasteiger partial charge in [0.2, 0.25) is 0 Å². The molecule has 0 aliphatic carbocycles. The van der Waals surface area contributed by atoms with Crippen molar-refractivity contribution in [3.05, 3.63) is 100 Å². The van der Waals surface area contributed by atoms with Gasteiger partial charge in [0.15, 0.2) is 0 Å². The smallest absolute Gasteiger partial charge is 0.118 e. The second kappa shape index (κ2) is 18.8. The maximum absolute atomic E-state index is 9.44. The summed E-state index contributed by atoms with van der Waals surface area (Å²) in [7, 11) is 5.89. The molecule has 3 rings (SSSR count). The number of allylic oxidation sites excluding steroid dienone is 1. The quantitative estimate of drug-likeness (QED) is 0.255. The number of aliphatic hydroxyl groups is 1. The number of halogens is 1. The minimum absolute atomic E-state index is 0.173. The lowest BCUT2D eigenvalue weighted by atomic mass is 9.87. The molecule has 0 aromatic heterocycles.